The number of allylic oxidation sites excluding steroid dienone is 5. The van der Waals surface area contributed by atoms with Crippen LogP contribution in [0.25, 0.3) is 0 Å². The van der Waals surface area contributed by atoms with E-state index in [1.165, 1.54) is 116 Å². The number of hydrogen-bond acceptors (Lipinski definition) is 6. The summed E-state index contributed by atoms with van der Waals surface area (Å²) in [7, 11) is 0. The van der Waals surface area contributed by atoms with Gasteiger partial charge in [-0.1, -0.05) is 179 Å². The van der Waals surface area contributed by atoms with Crippen LogP contribution in [0.2, 0.25) is 0 Å². The van der Waals surface area contributed by atoms with Crippen LogP contribution in [0.15, 0.2) is 36.5 Å². The van der Waals surface area contributed by atoms with Crippen LogP contribution in [0.4, 0.5) is 0 Å². The van der Waals surface area contributed by atoms with Crippen LogP contribution in [0.3, 0.4) is 0 Å². The van der Waals surface area contributed by atoms with Gasteiger partial charge < -0.3 is 19.3 Å². The van der Waals surface area contributed by atoms with Gasteiger partial charge in [0.2, 0.25) is 0 Å². The predicted molar refractivity (Wildman–Crippen MR) is 214 cm³/mol. The van der Waals surface area contributed by atoms with Gasteiger partial charge in [-0.2, -0.15) is 0 Å². The van der Waals surface area contributed by atoms with E-state index in [2.05, 4.69) is 57.2 Å². The highest BCUT2D eigenvalue weighted by Gasteiger charge is 2.36. The molecule has 0 saturated carbocycles. The fourth-order valence-corrected chi connectivity index (χ4v) is 6.41. The molecule has 6 nitrogen and oxygen atoms in total. The largest absolute Gasteiger partial charge is 0.462 e. The van der Waals surface area contributed by atoms with Gasteiger partial charge >= 0.3 is 11.9 Å². The Morgan fingerprint density at radius 2 is 1.16 bits per heavy atom. The van der Waals surface area contributed by atoms with E-state index in [1.54, 1.807) is 0 Å². The molecule has 0 amide bonds. The molecule has 0 spiro atoms. The summed E-state index contributed by atoms with van der Waals surface area (Å²) in [5, 5.41) is 9.57. The van der Waals surface area contributed by atoms with Crippen LogP contribution in [-0.4, -0.2) is 48.6 Å². The first-order chi connectivity index (χ1) is 25.0. The van der Waals surface area contributed by atoms with Crippen LogP contribution in [0, 0.1) is 5.92 Å². The number of carbonyl (C=O) groups excluding carboxylic acids is 2. The van der Waals surface area contributed by atoms with Crippen molar-refractivity contribution < 1.29 is 28.9 Å². The Labute approximate surface area is 314 Å². The zero-order valence-electron chi connectivity index (χ0n) is 33.5. The van der Waals surface area contributed by atoms with Crippen molar-refractivity contribution in [2.45, 2.75) is 219 Å². The number of epoxide rings is 1. The first-order valence-corrected chi connectivity index (χ1v) is 21.5. The highest BCUT2D eigenvalue weighted by atomic mass is 16.6. The number of aliphatic hydroxyl groups is 1. The molecule has 1 saturated heterocycles. The maximum absolute atomic E-state index is 12.2. The monoisotopic (exact) mass is 717 g/mol. The Bertz CT molecular complexity index is 893. The molecule has 3 atom stereocenters. The average molecular weight is 717 g/mol. The third-order valence-electron chi connectivity index (χ3n) is 9.79. The van der Waals surface area contributed by atoms with E-state index < -0.39 is 6.10 Å². The first kappa shape index (κ1) is 47.1. The molecule has 0 radical (unpaired) electrons. The van der Waals surface area contributed by atoms with Crippen molar-refractivity contribution in [3.05, 3.63) is 36.5 Å². The van der Waals surface area contributed by atoms with Crippen molar-refractivity contribution in [1.29, 1.82) is 0 Å². The number of hydrogen-bond donors (Lipinski definition) is 1. The zero-order valence-corrected chi connectivity index (χ0v) is 33.5. The molecule has 0 aliphatic carbocycles. The van der Waals surface area contributed by atoms with E-state index in [-0.39, 0.29) is 31.6 Å². The molecule has 2 unspecified atom stereocenters. The third-order valence-corrected chi connectivity index (χ3v) is 9.79. The molecule has 0 aromatic rings. The van der Waals surface area contributed by atoms with E-state index in [1.807, 2.05) is 0 Å². The van der Waals surface area contributed by atoms with Crippen molar-refractivity contribution in [1.82, 2.24) is 0 Å². The summed E-state index contributed by atoms with van der Waals surface area (Å²) < 4.78 is 16.3. The summed E-state index contributed by atoms with van der Waals surface area (Å²) in [5.41, 5.74) is 0. The molecule has 1 aliphatic rings. The lowest BCUT2D eigenvalue weighted by atomic mass is 10.0. The number of rotatable bonds is 37. The van der Waals surface area contributed by atoms with Gasteiger partial charge in [-0.25, -0.2) is 0 Å². The van der Waals surface area contributed by atoms with Gasteiger partial charge in [0, 0.05) is 12.8 Å². The van der Waals surface area contributed by atoms with E-state index in [4.69, 9.17) is 14.2 Å². The Hall–Kier alpha value is -1.92. The molecule has 1 heterocycles. The summed E-state index contributed by atoms with van der Waals surface area (Å²) >= 11 is 0. The normalized spacial score (nSPS) is 16.6. The Balaban J connectivity index is 1.88. The maximum atomic E-state index is 12.2. The second-order valence-electron chi connectivity index (χ2n) is 15.3. The van der Waals surface area contributed by atoms with E-state index >= 15 is 0 Å². The molecule has 0 aromatic heterocycles. The Kier molecular flexibility index (Phi) is 32.4. The number of aliphatic hydroxyl groups excluding tert-OH is 1. The molecular weight excluding hydrogens is 636 g/mol. The van der Waals surface area contributed by atoms with Crippen molar-refractivity contribution in [2.24, 2.45) is 5.92 Å². The smallest absolute Gasteiger partial charge is 0.306 e. The van der Waals surface area contributed by atoms with Gasteiger partial charge in [0.25, 0.3) is 0 Å². The highest BCUT2D eigenvalue weighted by molar-refractivity contribution is 5.70. The lowest BCUT2D eigenvalue weighted by molar-refractivity contribution is -0.161. The minimum atomic E-state index is -0.801. The maximum Gasteiger partial charge on any atom is 0.306 e. The van der Waals surface area contributed by atoms with Gasteiger partial charge in [0.15, 0.2) is 6.10 Å². The quantitative estimate of drug-likeness (QED) is 0.0298. The van der Waals surface area contributed by atoms with Crippen LogP contribution in [-0.2, 0) is 23.8 Å². The third kappa shape index (κ3) is 32.5. The summed E-state index contributed by atoms with van der Waals surface area (Å²) in [4.78, 5) is 24.3. The average Bonchev–Trinajstić information content (AvgIpc) is 3.87. The predicted octanol–water partition coefficient (Wildman–Crippen LogP) is 12.5. The second-order valence-corrected chi connectivity index (χ2v) is 15.3. The molecule has 0 bridgehead atoms. The van der Waals surface area contributed by atoms with Gasteiger partial charge in [-0.05, 0) is 50.9 Å². The van der Waals surface area contributed by atoms with Crippen LogP contribution in [0.5, 0.6) is 0 Å². The fraction of sp³-hybridized carbons (Fsp3) is 0.822. The minimum Gasteiger partial charge on any atom is -0.462 e. The zero-order chi connectivity index (χ0) is 37.0. The van der Waals surface area contributed by atoms with E-state index in [9.17, 15) is 14.7 Å². The summed E-state index contributed by atoms with van der Waals surface area (Å²) in [6.45, 7) is 6.43. The molecule has 1 N–H and O–H groups in total. The Morgan fingerprint density at radius 1 is 0.627 bits per heavy atom. The number of esters is 2. The van der Waals surface area contributed by atoms with Crippen LogP contribution >= 0.6 is 0 Å². The van der Waals surface area contributed by atoms with E-state index in [0.29, 0.717) is 25.0 Å². The molecule has 51 heavy (non-hydrogen) atoms. The molecular formula is C45H80O6. The standard InChI is InChI=1S/C45H80O6/c1-4-5-28-34-42-43(51-42)35-30-25-21-17-14-15-19-23-27-32-37-45(48)50-41(38-46)39-49-44(47)36-31-26-22-18-13-11-9-7-6-8-10-12-16-20-24-29-33-40(2)3/h14,17,19,23,25,30,40-43,46H,4-13,15-16,18,20-22,24,26-29,31-39H2,1-3H3/b17-14-,23-19-,30-25-/t41-,42?,43?/m0/s1. The second kappa shape index (κ2) is 35.1. The highest BCUT2D eigenvalue weighted by Crippen LogP contribution is 2.30. The van der Waals surface area contributed by atoms with Crippen molar-refractivity contribution >= 4 is 11.9 Å². The van der Waals surface area contributed by atoms with Crippen molar-refractivity contribution in [2.75, 3.05) is 13.2 Å². The molecule has 0 aromatic carbocycles. The van der Waals surface area contributed by atoms with Crippen molar-refractivity contribution in [3.8, 4) is 0 Å². The summed E-state index contributed by atoms with van der Waals surface area (Å²) in [6.07, 6.45) is 45.3. The van der Waals surface area contributed by atoms with Crippen LogP contribution < -0.4 is 0 Å². The molecule has 296 valence electrons. The molecule has 6 heteroatoms. The van der Waals surface area contributed by atoms with Crippen LogP contribution in [0.1, 0.15) is 201 Å². The lowest BCUT2D eigenvalue weighted by Gasteiger charge is -2.15. The minimum absolute atomic E-state index is 0.0884. The fourth-order valence-electron chi connectivity index (χ4n) is 6.41. The SMILES string of the molecule is CCCCCC1OC1C/C=C\C/C=C\C/C=C\CCCC(=O)O[C@@H](CO)COC(=O)CCCCCCCCCCCCCCCCCCC(C)C. The Morgan fingerprint density at radius 3 is 1.73 bits per heavy atom. The summed E-state index contributed by atoms with van der Waals surface area (Å²) in [6, 6.07) is 0. The summed E-state index contributed by atoms with van der Waals surface area (Å²) in [5.74, 6) is 0.199. The van der Waals surface area contributed by atoms with Crippen molar-refractivity contribution in [3.63, 3.8) is 0 Å². The van der Waals surface area contributed by atoms with Gasteiger partial charge in [-0.3, -0.25) is 9.59 Å². The molecule has 1 rings (SSSR count). The number of ether oxygens (including phenoxy) is 3. The van der Waals surface area contributed by atoms with E-state index in [0.717, 1.165) is 50.9 Å². The lowest BCUT2D eigenvalue weighted by Crippen LogP contribution is -2.28. The first-order valence-electron chi connectivity index (χ1n) is 21.5. The topological polar surface area (TPSA) is 85.4 Å². The van der Waals surface area contributed by atoms with Gasteiger partial charge in [0.05, 0.1) is 18.8 Å². The molecule has 1 fully saturated rings. The number of carbonyl (C=O) groups is 2. The van der Waals surface area contributed by atoms with Gasteiger partial charge in [-0.15, -0.1) is 0 Å². The number of unbranched alkanes of at least 4 members (excludes halogenated alkanes) is 18. The molecule has 1 aliphatic heterocycles. The van der Waals surface area contributed by atoms with Gasteiger partial charge in [0.1, 0.15) is 6.61 Å².